The number of benzene rings is 2. The summed E-state index contributed by atoms with van der Waals surface area (Å²) in [5.74, 6) is -0.0282. The molecule has 0 bridgehead atoms. The summed E-state index contributed by atoms with van der Waals surface area (Å²) in [6, 6.07) is 10.5. The molecule has 1 aromatic heterocycles. The summed E-state index contributed by atoms with van der Waals surface area (Å²) in [7, 11) is -3.26. The Morgan fingerprint density at radius 2 is 1.83 bits per heavy atom. The highest BCUT2D eigenvalue weighted by Crippen LogP contribution is 2.31. The van der Waals surface area contributed by atoms with Gasteiger partial charge in [0, 0.05) is 32.4 Å². The molecule has 10 heteroatoms. The van der Waals surface area contributed by atoms with Crippen LogP contribution in [0.25, 0.3) is 10.2 Å². The standard InChI is InChI=1S/C20H20FN3O4S2/c1-30(26,27)16-6-7-17-18(12-16)29-20(22-17)24-10-8-23(9-11-24)19(25)13-28-15-4-2-14(21)3-5-15/h2-7,12H,8-11,13H2,1H3. The average molecular weight is 450 g/mol. The Bertz CT molecular complexity index is 1170. The first-order valence-electron chi connectivity index (χ1n) is 9.31. The number of sulfone groups is 1. The molecule has 0 spiro atoms. The number of anilines is 1. The number of hydrogen-bond acceptors (Lipinski definition) is 7. The highest BCUT2D eigenvalue weighted by atomic mass is 32.2. The lowest BCUT2D eigenvalue weighted by molar-refractivity contribution is -0.133. The topological polar surface area (TPSA) is 79.8 Å². The third kappa shape index (κ3) is 4.54. The summed E-state index contributed by atoms with van der Waals surface area (Å²) in [5.41, 5.74) is 0.758. The molecule has 30 heavy (non-hydrogen) atoms. The number of carbonyl (C=O) groups excluding carboxylic acids is 1. The molecule has 3 aromatic rings. The van der Waals surface area contributed by atoms with E-state index in [0.29, 0.717) is 31.9 Å². The lowest BCUT2D eigenvalue weighted by Gasteiger charge is -2.34. The number of piperazine rings is 1. The molecule has 0 radical (unpaired) electrons. The first-order valence-corrected chi connectivity index (χ1v) is 12.0. The van der Waals surface area contributed by atoms with Crippen molar-refractivity contribution in [2.24, 2.45) is 0 Å². The number of fused-ring (bicyclic) bond motifs is 1. The summed E-state index contributed by atoms with van der Waals surface area (Å²) in [6.07, 6.45) is 1.19. The van der Waals surface area contributed by atoms with Gasteiger partial charge in [-0.25, -0.2) is 17.8 Å². The zero-order valence-electron chi connectivity index (χ0n) is 16.2. The van der Waals surface area contributed by atoms with Crippen LogP contribution in [-0.4, -0.2) is 63.3 Å². The van der Waals surface area contributed by atoms with Crippen molar-refractivity contribution in [1.29, 1.82) is 0 Å². The normalized spacial score (nSPS) is 14.9. The maximum atomic E-state index is 12.9. The lowest BCUT2D eigenvalue weighted by Crippen LogP contribution is -2.50. The number of carbonyl (C=O) groups is 1. The molecular formula is C20H20FN3O4S2. The summed E-state index contributed by atoms with van der Waals surface area (Å²) >= 11 is 1.44. The molecule has 1 amide bonds. The number of amides is 1. The third-order valence-corrected chi connectivity index (χ3v) is 7.04. The molecule has 7 nitrogen and oxygen atoms in total. The number of ether oxygens (including phenoxy) is 1. The van der Waals surface area contributed by atoms with Crippen LogP contribution in [0.2, 0.25) is 0 Å². The van der Waals surface area contributed by atoms with Gasteiger partial charge in [-0.3, -0.25) is 4.79 Å². The van der Waals surface area contributed by atoms with Gasteiger partial charge in [0.25, 0.3) is 5.91 Å². The van der Waals surface area contributed by atoms with Crippen LogP contribution in [0, 0.1) is 5.82 Å². The Labute approximate surface area is 177 Å². The minimum atomic E-state index is -3.26. The Balaban J connectivity index is 1.35. The number of hydrogen-bond donors (Lipinski definition) is 0. The highest BCUT2D eigenvalue weighted by Gasteiger charge is 2.23. The van der Waals surface area contributed by atoms with Gasteiger partial charge in [0.2, 0.25) is 0 Å². The van der Waals surface area contributed by atoms with Crippen molar-refractivity contribution in [2.45, 2.75) is 4.90 Å². The van der Waals surface area contributed by atoms with E-state index in [1.807, 2.05) is 0 Å². The van der Waals surface area contributed by atoms with Crippen molar-refractivity contribution in [3.63, 3.8) is 0 Å². The van der Waals surface area contributed by atoms with Crippen LogP contribution >= 0.6 is 11.3 Å². The first-order chi connectivity index (χ1) is 14.3. The molecule has 0 unspecified atom stereocenters. The van der Waals surface area contributed by atoms with Gasteiger partial charge in [0.1, 0.15) is 11.6 Å². The van der Waals surface area contributed by atoms with Crippen LogP contribution in [0.4, 0.5) is 9.52 Å². The molecule has 2 aromatic carbocycles. The van der Waals surface area contributed by atoms with Crippen molar-refractivity contribution >= 4 is 42.4 Å². The predicted molar refractivity (Wildman–Crippen MR) is 113 cm³/mol. The fourth-order valence-electron chi connectivity index (χ4n) is 3.17. The number of nitrogens with zero attached hydrogens (tertiary/aromatic N) is 3. The van der Waals surface area contributed by atoms with Gasteiger partial charge in [-0.05, 0) is 42.5 Å². The van der Waals surface area contributed by atoms with Crippen LogP contribution in [0.3, 0.4) is 0 Å². The molecule has 2 heterocycles. The summed E-state index contributed by atoms with van der Waals surface area (Å²) in [4.78, 5) is 21.1. The van der Waals surface area contributed by atoms with E-state index in [1.165, 1.54) is 41.9 Å². The van der Waals surface area contributed by atoms with E-state index in [9.17, 15) is 17.6 Å². The number of halogens is 1. The maximum Gasteiger partial charge on any atom is 0.260 e. The van der Waals surface area contributed by atoms with Crippen LogP contribution in [0.5, 0.6) is 5.75 Å². The smallest absolute Gasteiger partial charge is 0.260 e. The van der Waals surface area contributed by atoms with E-state index in [4.69, 9.17) is 4.74 Å². The summed E-state index contributed by atoms with van der Waals surface area (Å²) in [5, 5.41) is 0.810. The third-order valence-electron chi connectivity index (χ3n) is 4.86. The van der Waals surface area contributed by atoms with Crippen LogP contribution in [0.1, 0.15) is 0 Å². The van der Waals surface area contributed by atoms with Gasteiger partial charge < -0.3 is 14.5 Å². The molecule has 1 fully saturated rings. The van der Waals surface area contributed by atoms with Crippen molar-refractivity contribution in [1.82, 2.24) is 9.88 Å². The van der Waals surface area contributed by atoms with Crippen molar-refractivity contribution in [2.75, 3.05) is 43.9 Å². The SMILES string of the molecule is CS(=O)(=O)c1ccc2nc(N3CCN(C(=O)COc4ccc(F)cc4)CC3)sc2c1. The fourth-order valence-corrected chi connectivity index (χ4v) is 4.95. The van der Waals surface area contributed by atoms with Gasteiger partial charge in [-0.15, -0.1) is 0 Å². The lowest BCUT2D eigenvalue weighted by atomic mass is 10.3. The van der Waals surface area contributed by atoms with E-state index < -0.39 is 9.84 Å². The zero-order chi connectivity index (χ0) is 21.3. The Morgan fingerprint density at radius 1 is 1.13 bits per heavy atom. The minimum absolute atomic E-state index is 0.0962. The largest absolute Gasteiger partial charge is 0.484 e. The molecule has 158 valence electrons. The molecule has 1 aliphatic heterocycles. The highest BCUT2D eigenvalue weighted by molar-refractivity contribution is 7.90. The van der Waals surface area contributed by atoms with Gasteiger partial charge in [0.05, 0.1) is 15.1 Å². The average Bonchev–Trinajstić information content (AvgIpc) is 3.16. The predicted octanol–water partition coefficient (Wildman–Crippen LogP) is 2.57. The second kappa shape index (κ2) is 8.19. The van der Waals surface area contributed by atoms with Gasteiger partial charge >= 0.3 is 0 Å². The second-order valence-corrected chi connectivity index (χ2v) is 10.0. The minimum Gasteiger partial charge on any atom is -0.484 e. The fraction of sp³-hybridized carbons (Fsp3) is 0.300. The number of thiazole rings is 1. The van der Waals surface area contributed by atoms with Crippen LogP contribution in [0.15, 0.2) is 47.4 Å². The van der Waals surface area contributed by atoms with E-state index >= 15 is 0 Å². The second-order valence-electron chi connectivity index (χ2n) is 7.01. The molecule has 4 rings (SSSR count). The molecule has 1 saturated heterocycles. The van der Waals surface area contributed by atoms with Crippen molar-refractivity contribution < 1.29 is 22.3 Å². The Hall–Kier alpha value is -2.72. The quantitative estimate of drug-likeness (QED) is 0.596. The molecular weight excluding hydrogens is 429 g/mol. The van der Waals surface area contributed by atoms with E-state index in [1.54, 1.807) is 23.1 Å². The Morgan fingerprint density at radius 3 is 2.50 bits per heavy atom. The monoisotopic (exact) mass is 449 g/mol. The maximum absolute atomic E-state index is 12.9. The van der Waals surface area contributed by atoms with E-state index in [0.717, 1.165) is 15.3 Å². The van der Waals surface area contributed by atoms with Gasteiger partial charge in [-0.1, -0.05) is 11.3 Å². The molecule has 0 atom stereocenters. The van der Waals surface area contributed by atoms with Gasteiger partial charge in [0.15, 0.2) is 21.6 Å². The molecule has 0 saturated carbocycles. The number of rotatable bonds is 5. The molecule has 0 N–H and O–H groups in total. The van der Waals surface area contributed by atoms with Crippen molar-refractivity contribution in [3.05, 3.63) is 48.3 Å². The molecule has 1 aliphatic rings. The van der Waals surface area contributed by atoms with Crippen LogP contribution < -0.4 is 9.64 Å². The first kappa shape index (κ1) is 20.5. The van der Waals surface area contributed by atoms with E-state index in [2.05, 4.69) is 9.88 Å². The van der Waals surface area contributed by atoms with Gasteiger partial charge in [-0.2, -0.15) is 0 Å². The number of aromatic nitrogens is 1. The summed E-state index contributed by atoms with van der Waals surface area (Å²) in [6.45, 7) is 2.23. The summed E-state index contributed by atoms with van der Waals surface area (Å²) < 4.78 is 42.7. The zero-order valence-corrected chi connectivity index (χ0v) is 17.9. The van der Waals surface area contributed by atoms with E-state index in [-0.39, 0.29) is 23.2 Å². The van der Waals surface area contributed by atoms with Crippen LogP contribution in [-0.2, 0) is 14.6 Å². The molecule has 0 aliphatic carbocycles. The Kier molecular flexibility index (Phi) is 5.61. The van der Waals surface area contributed by atoms with Crippen molar-refractivity contribution in [3.8, 4) is 5.75 Å².